The number of carbonyl (C=O) groups excluding carboxylic acids is 1. The van der Waals surface area contributed by atoms with E-state index < -0.39 is 11.6 Å². The number of ketones is 1. The van der Waals surface area contributed by atoms with E-state index in [4.69, 9.17) is 4.74 Å². The van der Waals surface area contributed by atoms with Crippen LogP contribution in [0.25, 0.3) is 17.1 Å². The average Bonchev–Trinajstić information content (AvgIpc) is 2.89. The van der Waals surface area contributed by atoms with Crippen molar-refractivity contribution >= 4 is 22.9 Å². The minimum absolute atomic E-state index is 0.106. The lowest BCUT2D eigenvalue weighted by Crippen LogP contribution is -2.04. The molecule has 3 rings (SSSR count). The Morgan fingerprint density at radius 2 is 1.96 bits per heavy atom. The van der Waals surface area contributed by atoms with Crippen molar-refractivity contribution in [3.8, 4) is 5.75 Å². The summed E-state index contributed by atoms with van der Waals surface area (Å²) in [7, 11) is 3.14. The van der Waals surface area contributed by atoms with E-state index in [1.54, 1.807) is 32.4 Å². The molecule has 0 saturated heterocycles. The Balaban J connectivity index is 1.93. The van der Waals surface area contributed by atoms with Crippen molar-refractivity contribution in [3.05, 3.63) is 65.5 Å². The molecule has 0 fully saturated rings. The zero-order valence-electron chi connectivity index (χ0n) is 13.1. The number of rotatable bonds is 4. The van der Waals surface area contributed by atoms with Crippen molar-refractivity contribution in [2.45, 2.75) is 0 Å². The maximum Gasteiger partial charge on any atom is 0.221 e. The zero-order valence-corrected chi connectivity index (χ0v) is 13.1. The summed E-state index contributed by atoms with van der Waals surface area (Å²) in [6.45, 7) is 0. The highest BCUT2D eigenvalue weighted by atomic mass is 19.2. The van der Waals surface area contributed by atoms with Crippen LogP contribution >= 0.6 is 0 Å². The van der Waals surface area contributed by atoms with Gasteiger partial charge in [-0.3, -0.25) is 4.79 Å². The van der Waals surface area contributed by atoms with Crippen molar-refractivity contribution in [1.29, 1.82) is 0 Å². The highest BCUT2D eigenvalue weighted by molar-refractivity contribution is 6.06. The molecule has 0 N–H and O–H groups in total. The molecule has 0 spiro atoms. The molecule has 1 aromatic heterocycles. The molecule has 0 unspecified atom stereocenters. The first-order valence-corrected chi connectivity index (χ1v) is 7.17. The van der Waals surface area contributed by atoms with E-state index in [9.17, 15) is 13.6 Å². The number of nitrogens with zero attached hydrogens (tertiary/aromatic N) is 2. The summed E-state index contributed by atoms with van der Waals surface area (Å²) in [5.41, 5.74) is 1.38. The van der Waals surface area contributed by atoms with E-state index in [1.807, 2.05) is 12.1 Å². The SMILES string of the molecule is COc1cccc(/C=C/C(=O)c2nc3cc(F)c(F)cc3n2C)c1. The molecule has 122 valence electrons. The number of halogens is 2. The third kappa shape index (κ3) is 2.90. The number of allylic oxidation sites excluding steroid dienone is 1. The number of ether oxygens (including phenoxy) is 1. The van der Waals surface area contributed by atoms with Crippen molar-refractivity contribution in [1.82, 2.24) is 9.55 Å². The maximum absolute atomic E-state index is 13.4. The van der Waals surface area contributed by atoms with Crippen LogP contribution in [0.3, 0.4) is 0 Å². The minimum Gasteiger partial charge on any atom is -0.497 e. The summed E-state index contributed by atoms with van der Waals surface area (Å²) in [6, 6.07) is 9.22. The first kappa shape index (κ1) is 15.9. The van der Waals surface area contributed by atoms with E-state index in [-0.39, 0.29) is 17.1 Å². The van der Waals surface area contributed by atoms with Crippen molar-refractivity contribution in [3.63, 3.8) is 0 Å². The molecule has 24 heavy (non-hydrogen) atoms. The van der Waals surface area contributed by atoms with Gasteiger partial charge in [-0.15, -0.1) is 0 Å². The van der Waals surface area contributed by atoms with E-state index in [0.717, 1.165) is 17.7 Å². The molecule has 0 saturated carbocycles. The second-order valence-electron chi connectivity index (χ2n) is 5.22. The van der Waals surface area contributed by atoms with Crippen LogP contribution in [-0.2, 0) is 7.05 Å². The number of hydrogen-bond acceptors (Lipinski definition) is 3. The molecule has 0 amide bonds. The second kappa shape index (κ2) is 6.23. The van der Waals surface area contributed by atoms with Crippen molar-refractivity contribution in [2.75, 3.05) is 7.11 Å². The van der Waals surface area contributed by atoms with Gasteiger partial charge in [0.1, 0.15) is 5.75 Å². The molecule has 6 heteroatoms. The van der Waals surface area contributed by atoms with Crippen molar-refractivity contribution < 1.29 is 18.3 Å². The smallest absolute Gasteiger partial charge is 0.221 e. The molecule has 2 aromatic carbocycles. The molecule has 4 nitrogen and oxygen atoms in total. The van der Waals surface area contributed by atoms with Gasteiger partial charge in [-0.05, 0) is 23.8 Å². The highest BCUT2D eigenvalue weighted by Gasteiger charge is 2.15. The van der Waals surface area contributed by atoms with Gasteiger partial charge in [0.25, 0.3) is 0 Å². The molecule has 0 atom stereocenters. The van der Waals surface area contributed by atoms with Crippen LogP contribution in [0, 0.1) is 11.6 Å². The minimum atomic E-state index is -0.994. The lowest BCUT2D eigenvalue weighted by atomic mass is 10.2. The van der Waals surface area contributed by atoms with Crippen LogP contribution in [0.1, 0.15) is 16.2 Å². The number of methoxy groups -OCH3 is 1. The molecule has 0 aliphatic rings. The summed E-state index contributed by atoms with van der Waals surface area (Å²) >= 11 is 0. The number of fused-ring (bicyclic) bond motifs is 1. The Kier molecular flexibility index (Phi) is 4.12. The Labute approximate surface area is 137 Å². The molecular formula is C18H14F2N2O2. The predicted molar refractivity (Wildman–Crippen MR) is 87.0 cm³/mol. The zero-order chi connectivity index (χ0) is 17.3. The molecule has 1 heterocycles. The lowest BCUT2D eigenvalue weighted by molar-refractivity contribution is 0.103. The maximum atomic E-state index is 13.4. The van der Waals surface area contributed by atoms with Crippen LogP contribution in [-0.4, -0.2) is 22.4 Å². The molecular weight excluding hydrogens is 314 g/mol. The number of hydrogen-bond donors (Lipinski definition) is 0. The standard InChI is InChI=1S/C18H14F2N2O2/c1-22-16-10-14(20)13(19)9-15(16)21-18(22)17(23)7-6-11-4-3-5-12(8-11)24-2/h3-10H,1-2H3/b7-6+. The first-order chi connectivity index (χ1) is 11.5. The summed E-state index contributed by atoms with van der Waals surface area (Å²) in [6.07, 6.45) is 2.99. The number of imidazole rings is 1. The van der Waals surface area contributed by atoms with Gasteiger partial charge in [-0.2, -0.15) is 0 Å². The van der Waals surface area contributed by atoms with E-state index in [1.165, 1.54) is 10.6 Å². The van der Waals surface area contributed by atoms with E-state index in [0.29, 0.717) is 11.3 Å². The van der Waals surface area contributed by atoms with Crippen LogP contribution in [0.15, 0.2) is 42.5 Å². The molecule has 0 radical (unpaired) electrons. The summed E-state index contributed by atoms with van der Waals surface area (Å²) in [4.78, 5) is 16.4. The van der Waals surface area contributed by atoms with Gasteiger partial charge in [0, 0.05) is 19.2 Å². The van der Waals surface area contributed by atoms with Gasteiger partial charge in [-0.25, -0.2) is 13.8 Å². The quantitative estimate of drug-likeness (QED) is 0.541. The van der Waals surface area contributed by atoms with Crippen molar-refractivity contribution in [2.24, 2.45) is 7.05 Å². The van der Waals surface area contributed by atoms with Crippen LogP contribution in [0.4, 0.5) is 8.78 Å². The van der Waals surface area contributed by atoms with Gasteiger partial charge in [0.2, 0.25) is 5.78 Å². The molecule has 0 aliphatic carbocycles. The monoisotopic (exact) mass is 328 g/mol. The number of benzene rings is 2. The number of carbonyl (C=O) groups is 1. The fourth-order valence-corrected chi connectivity index (χ4v) is 2.40. The first-order valence-electron chi connectivity index (χ1n) is 7.17. The fraction of sp³-hybridized carbons (Fsp3) is 0.111. The molecule has 3 aromatic rings. The summed E-state index contributed by atoms with van der Waals surface area (Å²) in [5, 5.41) is 0. The van der Waals surface area contributed by atoms with Gasteiger partial charge in [-0.1, -0.05) is 18.2 Å². The number of aryl methyl sites for hydroxylation is 1. The van der Waals surface area contributed by atoms with Crippen LogP contribution in [0.5, 0.6) is 5.75 Å². The Hall–Kier alpha value is -3.02. The largest absolute Gasteiger partial charge is 0.497 e. The van der Waals surface area contributed by atoms with Crippen LogP contribution < -0.4 is 4.74 Å². The van der Waals surface area contributed by atoms with Gasteiger partial charge < -0.3 is 9.30 Å². The highest BCUT2D eigenvalue weighted by Crippen LogP contribution is 2.20. The Morgan fingerprint density at radius 3 is 2.71 bits per heavy atom. The summed E-state index contributed by atoms with van der Waals surface area (Å²) in [5.74, 6) is -1.55. The third-order valence-electron chi connectivity index (χ3n) is 3.66. The topological polar surface area (TPSA) is 44.1 Å². The predicted octanol–water partition coefficient (Wildman–Crippen LogP) is 3.76. The van der Waals surface area contributed by atoms with E-state index in [2.05, 4.69) is 4.98 Å². The lowest BCUT2D eigenvalue weighted by Gasteiger charge is -2.00. The Bertz CT molecular complexity index is 961. The fourth-order valence-electron chi connectivity index (χ4n) is 2.40. The normalized spacial score (nSPS) is 11.3. The molecule has 0 aliphatic heterocycles. The number of aromatic nitrogens is 2. The van der Waals surface area contributed by atoms with Gasteiger partial charge >= 0.3 is 0 Å². The summed E-state index contributed by atoms with van der Waals surface area (Å²) < 4.78 is 33.2. The van der Waals surface area contributed by atoms with Gasteiger partial charge in [0.05, 0.1) is 18.1 Å². The van der Waals surface area contributed by atoms with Gasteiger partial charge in [0.15, 0.2) is 17.5 Å². The second-order valence-corrected chi connectivity index (χ2v) is 5.22. The molecule has 0 bridgehead atoms. The van der Waals surface area contributed by atoms with E-state index >= 15 is 0 Å². The third-order valence-corrected chi connectivity index (χ3v) is 3.66. The average molecular weight is 328 g/mol. The Morgan fingerprint density at radius 1 is 1.21 bits per heavy atom. The van der Waals surface area contributed by atoms with Crippen LogP contribution in [0.2, 0.25) is 0 Å².